The summed E-state index contributed by atoms with van der Waals surface area (Å²) in [6.07, 6.45) is 28.3. The van der Waals surface area contributed by atoms with Crippen molar-refractivity contribution in [2.24, 2.45) is 28.9 Å². The number of benzene rings is 5. The number of aromatic nitrogens is 15. The second-order valence-corrected chi connectivity index (χ2v) is 38.7. The van der Waals surface area contributed by atoms with Crippen molar-refractivity contribution in [2.75, 3.05) is 52.8 Å². The number of hydrogen-bond acceptors (Lipinski definition) is 18. The summed E-state index contributed by atoms with van der Waals surface area (Å²) >= 11 is 50.7. The average Bonchev–Trinajstić information content (AvgIpc) is 1.64. The molecule has 39 heteroatoms. The molecule has 4 aliphatic rings. The number of likely N-dealkylation sites (tertiary alicyclic amines) is 2. The number of nitrogens with zero attached hydrogens (tertiary/aromatic N) is 19. The number of fused-ring (bicyclic) bond motifs is 5. The maximum Gasteiger partial charge on any atom is 0.258 e. The first-order valence-corrected chi connectivity index (χ1v) is 49.4. The Bertz CT molecular complexity index is 7380. The number of aliphatic imine (C=N–C) groups is 2. The summed E-state index contributed by atoms with van der Waals surface area (Å²) in [6, 6.07) is 35.8. The van der Waals surface area contributed by atoms with E-state index in [1.807, 2.05) is 143 Å². The van der Waals surface area contributed by atoms with Gasteiger partial charge in [-0.15, -0.1) is 0 Å². The number of nitrogens with one attached hydrogen (secondary N) is 5. The molecule has 4 aliphatic heterocycles. The Balaban J connectivity index is 0.000000144. The summed E-state index contributed by atoms with van der Waals surface area (Å²) in [4.78, 5) is 126. The van der Waals surface area contributed by atoms with E-state index in [4.69, 9.17) is 92.8 Å². The third-order valence-corrected chi connectivity index (χ3v) is 27.8. The Morgan fingerprint density at radius 2 is 0.630 bits per heavy atom. The first kappa shape index (κ1) is 108. The molecule has 20 rings (SSSR count). The van der Waals surface area contributed by atoms with Crippen LogP contribution in [0.15, 0.2) is 212 Å². The minimum atomic E-state index is -0.349. The number of halogens is 8. The lowest BCUT2D eigenvalue weighted by Crippen LogP contribution is -2.37. The summed E-state index contributed by atoms with van der Waals surface area (Å²) in [6.45, 7) is 23.1. The number of piperidine rings is 2. The predicted molar refractivity (Wildman–Crippen MR) is 585 cm³/mol. The highest BCUT2D eigenvalue weighted by Crippen LogP contribution is 2.38. The predicted octanol–water partition coefficient (Wildman–Crippen LogP) is 24.3. The van der Waals surface area contributed by atoms with Crippen LogP contribution in [0.3, 0.4) is 0 Å². The largest absolute Gasteiger partial charge is 0.343 e. The van der Waals surface area contributed by atoms with Gasteiger partial charge in [0.25, 0.3) is 29.5 Å². The zero-order valence-electron chi connectivity index (χ0n) is 80.2. The van der Waals surface area contributed by atoms with Gasteiger partial charge in [-0.2, -0.15) is 15.3 Å². The highest BCUT2D eigenvalue weighted by molar-refractivity contribution is 6.42. The van der Waals surface area contributed by atoms with Gasteiger partial charge in [-0.05, 0) is 194 Å². The van der Waals surface area contributed by atoms with Gasteiger partial charge in [-0.3, -0.25) is 43.5 Å². The first-order chi connectivity index (χ1) is 69.1. The van der Waals surface area contributed by atoms with E-state index in [2.05, 4.69) is 97.1 Å². The Hall–Kier alpha value is -14.0. The molecular formula is C107H108Cl8N24O7. The Kier molecular flexibility index (Phi) is 35.3. The van der Waals surface area contributed by atoms with E-state index in [0.717, 1.165) is 156 Å². The van der Waals surface area contributed by atoms with E-state index in [9.17, 15) is 33.6 Å². The van der Waals surface area contributed by atoms with Crippen LogP contribution in [-0.4, -0.2) is 162 Å². The number of pyridine rings is 5. The molecule has 2 saturated heterocycles. The second kappa shape index (κ2) is 47.9. The van der Waals surface area contributed by atoms with Gasteiger partial charge in [0, 0.05) is 207 Å². The summed E-state index contributed by atoms with van der Waals surface area (Å²) in [5.41, 5.74) is 16.8. The lowest BCUT2D eigenvalue weighted by atomic mass is 9.96. The maximum atomic E-state index is 12.8. The van der Waals surface area contributed by atoms with Crippen LogP contribution in [0.2, 0.25) is 40.2 Å². The van der Waals surface area contributed by atoms with Crippen molar-refractivity contribution in [2.45, 2.75) is 148 Å². The Morgan fingerprint density at radius 3 is 0.897 bits per heavy atom. The number of carbonyl (C=O) groups is 7. The molecule has 754 valence electrons. The Labute approximate surface area is 883 Å². The lowest BCUT2D eigenvalue weighted by Gasteiger charge is -2.31. The highest BCUT2D eigenvalue weighted by Gasteiger charge is 2.30. The van der Waals surface area contributed by atoms with Gasteiger partial charge in [0.15, 0.2) is 16.9 Å². The van der Waals surface area contributed by atoms with Gasteiger partial charge in [0.05, 0.1) is 99.3 Å². The van der Waals surface area contributed by atoms with Crippen molar-refractivity contribution in [3.05, 3.63) is 315 Å². The zero-order valence-corrected chi connectivity index (χ0v) is 86.2. The van der Waals surface area contributed by atoms with E-state index >= 15 is 0 Å². The van der Waals surface area contributed by atoms with Crippen molar-refractivity contribution in [1.82, 2.24) is 82.7 Å². The molecule has 0 saturated carbocycles. The molecule has 15 heterocycles. The highest BCUT2D eigenvalue weighted by atomic mass is 35.5. The lowest BCUT2D eigenvalue weighted by molar-refractivity contribution is -0.131. The summed E-state index contributed by atoms with van der Waals surface area (Å²) in [5, 5.41) is 35.0. The molecule has 0 bridgehead atoms. The average molecular weight is 2130 g/mol. The summed E-state index contributed by atoms with van der Waals surface area (Å²) in [5.74, 6) is 0.504. The van der Waals surface area contributed by atoms with Crippen molar-refractivity contribution in [3.8, 4) is 0 Å². The van der Waals surface area contributed by atoms with Crippen LogP contribution in [0.25, 0.3) is 55.2 Å². The molecular weight excluding hydrogens is 2020 g/mol. The topological polar surface area (TPSA) is 356 Å². The number of imidazole rings is 1. The fourth-order valence-electron chi connectivity index (χ4n) is 17.4. The number of rotatable bonds is 20. The van der Waals surface area contributed by atoms with Crippen LogP contribution in [0.5, 0.6) is 0 Å². The van der Waals surface area contributed by atoms with Crippen molar-refractivity contribution in [1.29, 1.82) is 0 Å². The fourth-order valence-corrected chi connectivity index (χ4v) is 19.5. The maximum absolute atomic E-state index is 12.8. The number of anilines is 5. The Morgan fingerprint density at radius 1 is 0.356 bits per heavy atom. The third kappa shape index (κ3) is 25.2. The van der Waals surface area contributed by atoms with Gasteiger partial charge in [0.2, 0.25) is 11.8 Å². The molecule has 5 N–H and O–H groups in total. The molecule has 31 nitrogen and oxygen atoms in total. The zero-order chi connectivity index (χ0) is 102. The SMILES string of the molecule is C.C.CC(=O)N1CCC(Cn2cc(C)c3c(Cl)c(C(=O)Nc4ccc(C)cc4)cnc32)CC1.CC(=O)N1CCC(Cn2cc(C)c3c(Cl)c(C(=O)Nc4ccc(Cl)cc4)cnc32)CC1.Cc1ccc(NC(=O)c2cnc3c(c(C)nn3CC3=NC=CC3)c2Cl)cc1.Cc1nn(CC2=NC=CC2)c2ncc(C(=O)Nc3ccc(Cl)cc3)c(Cl)c12.Cc1nn(Cc2nccn2C)c2ncc(C(=O)Nc3ccc(Cl)cc3)c(Cl)c12. The molecule has 0 radical (unpaired) electrons. The van der Waals surface area contributed by atoms with Crippen molar-refractivity contribution < 1.29 is 33.6 Å². The van der Waals surface area contributed by atoms with Gasteiger partial charge in [-0.1, -0.05) is 155 Å². The summed E-state index contributed by atoms with van der Waals surface area (Å²) < 4.78 is 11.4. The molecule has 16 aromatic rings. The first-order valence-electron chi connectivity index (χ1n) is 46.3. The van der Waals surface area contributed by atoms with E-state index in [1.165, 1.54) is 24.8 Å². The quantitative estimate of drug-likeness (QED) is 0.0473. The molecule has 0 spiro atoms. The van der Waals surface area contributed by atoms with E-state index in [-0.39, 0.29) is 61.8 Å². The molecule has 2 fully saturated rings. The molecule has 0 unspecified atom stereocenters. The molecule has 146 heavy (non-hydrogen) atoms. The fraction of sp³-hybridized carbons (Fsp3) is 0.271. The standard InChI is InChI=1S/C24H27ClN4O2.C23H24Cl2N4O2.C20H18ClN5O.C19H16Cl2N6O.C19H15Cl2N5O.2CH4/c1-15-4-6-19(7-5-15)27-24(31)20-12-26-23-21(22(20)25)16(2)13-29(23)14-18-8-10-28(11-9-18)17(3)30;1-14-12-29(13-16-7-9-28(10-8-16)15(2)30)22-20(14)21(25)19(11-26-22)23(31)27-18-5-3-17(24)4-6-18;1-12-5-7-14(8-6-12)24-20(27)16-10-23-19-17(18(16)21)13(2)25-26(19)11-15-4-3-9-22-15;1-11-16-17(21)14(19(28)24-13-5-3-12(20)4-6-13)9-23-18(16)27(25-11)10-15-22-7-8-26(15)2;1-11-16-17(21)15(19(27)24-13-6-4-12(20)5-7-13)9-23-18(16)26(25-11)10-14-3-2-8-22-14;;/h4-7,12-13,18H,8-11,14H2,1-3H3,(H,27,31);3-6,11-12,16H,7-10,13H2,1-2H3,(H,27,31);3,5-10H,4,11H2,1-2H3,(H,24,27);3-9H,10H2,1-2H3,(H,24,28);2,4-9H,3,10H2,1H3,(H,24,27);2*1H4. The van der Waals surface area contributed by atoms with Crippen LogP contribution in [0.1, 0.15) is 164 Å². The monoisotopic (exact) mass is 2120 g/mol. The van der Waals surface area contributed by atoms with Crippen molar-refractivity contribution >= 4 is 229 Å². The van der Waals surface area contributed by atoms with Crippen LogP contribution in [-0.2, 0) is 49.4 Å². The van der Waals surface area contributed by atoms with Gasteiger partial charge < -0.3 is 50.1 Å². The van der Waals surface area contributed by atoms with E-state index < -0.39 is 0 Å². The smallest absolute Gasteiger partial charge is 0.258 e. The second-order valence-electron chi connectivity index (χ2n) is 35.5. The van der Waals surface area contributed by atoms with Gasteiger partial charge in [-0.25, -0.2) is 43.9 Å². The van der Waals surface area contributed by atoms with Gasteiger partial charge in [0.1, 0.15) is 23.7 Å². The normalized spacial score (nSPS) is 13.3. The third-order valence-electron chi connectivity index (χ3n) is 25.1. The minimum Gasteiger partial charge on any atom is -0.343 e. The number of carbonyl (C=O) groups excluding carboxylic acids is 7. The van der Waals surface area contributed by atoms with Crippen LogP contribution < -0.4 is 26.6 Å². The molecule has 0 aliphatic carbocycles. The summed E-state index contributed by atoms with van der Waals surface area (Å²) in [7, 11) is 1.92. The van der Waals surface area contributed by atoms with E-state index in [1.54, 1.807) is 125 Å². The number of amides is 7. The van der Waals surface area contributed by atoms with Crippen LogP contribution in [0, 0.1) is 60.3 Å². The van der Waals surface area contributed by atoms with Crippen LogP contribution in [0.4, 0.5) is 28.4 Å². The van der Waals surface area contributed by atoms with Gasteiger partial charge >= 0.3 is 0 Å². The molecule has 5 aromatic carbocycles. The van der Waals surface area contributed by atoms with E-state index in [0.29, 0.717) is 155 Å². The molecule has 7 amide bonds. The minimum absolute atomic E-state index is 0. The number of hydrogen-bond donors (Lipinski definition) is 5. The number of allylic oxidation sites excluding steroid dienone is 2. The number of aryl methyl sites for hydroxylation is 8. The van der Waals surface area contributed by atoms with Crippen molar-refractivity contribution in [3.63, 3.8) is 0 Å². The molecule has 0 atom stereocenters. The van der Waals surface area contributed by atoms with Crippen LogP contribution >= 0.6 is 92.8 Å². The molecule has 11 aromatic heterocycles.